The smallest absolute Gasteiger partial charge is 0.416 e. The third-order valence-corrected chi connectivity index (χ3v) is 11.0. The van der Waals surface area contributed by atoms with Gasteiger partial charge in [0.05, 0.1) is 25.2 Å². The van der Waals surface area contributed by atoms with Crippen LogP contribution in [-0.2, 0) is 25.2 Å². The number of benzene rings is 2. The molecule has 4 atom stereocenters. The van der Waals surface area contributed by atoms with Crippen molar-refractivity contribution in [3.63, 3.8) is 0 Å². The second kappa shape index (κ2) is 14.6. The molecule has 6 rings (SSSR count). The van der Waals surface area contributed by atoms with E-state index in [0.29, 0.717) is 63.9 Å². The van der Waals surface area contributed by atoms with Gasteiger partial charge in [-0.2, -0.15) is 13.2 Å². The van der Waals surface area contributed by atoms with Gasteiger partial charge in [0.2, 0.25) is 11.8 Å². The minimum Gasteiger partial charge on any atom is -0.497 e. The van der Waals surface area contributed by atoms with E-state index in [1.54, 1.807) is 20.3 Å². The van der Waals surface area contributed by atoms with E-state index in [4.69, 9.17) is 19.9 Å². The highest BCUT2D eigenvalue weighted by molar-refractivity contribution is 5.81. The lowest BCUT2D eigenvalue weighted by Crippen LogP contribution is -2.40. The van der Waals surface area contributed by atoms with Crippen LogP contribution in [-0.4, -0.2) is 101 Å². The van der Waals surface area contributed by atoms with Crippen molar-refractivity contribution in [2.75, 3.05) is 78.2 Å². The van der Waals surface area contributed by atoms with E-state index < -0.39 is 11.7 Å². The molecule has 4 aliphatic heterocycles. The molecule has 12 heteroatoms. The standard InChI is InChI=1S/C36H47F3N4O5/c1-46-22-25-18-43(20-31(25)29-8-5-26(36(37,38)39)17-33(29)41-13-9-24(10-14-41)34(40)44)35(45)32-21-42(27-11-15-48-16-12-27)19-30(32)23-3-6-28(47-2)7-4-23/h3-8,17,24-25,27,30-32H,9-16,18-22H2,1-2H3,(H2,40,44)/t25-,30+,31+,32-/m1/s1. The van der Waals surface area contributed by atoms with E-state index >= 15 is 0 Å². The molecule has 48 heavy (non-hydrogen) atoms. The molecule has 4 fully saturated rings. The number of primary amides is 1. The van der Waals surface area contributed by atoms with Crippen molar-refractivity contribution in [2.24, 2.45) is 23.5 Å². The number of rotatable bonds is 9. The van der Waals surface area contributed by atoms with E-state index in [9.17, 15) is 22.8 Å². The molecule has 0 saturated carbocycles. The lowest BCUT2D eigenvalue weighted by atomic mass is 9.86. The van der Waals surface area contributed by atoms with Crippen molar-refractivity contribution in [2.45, 2.75) is 49.7 Å². The SMILES string of the molecule is COC[C@H]1CN(C(=O)[C@@H]2CN(C3CCOCC3)C[C@H]2c2ccc(OC)cc2)C[C@@H]1c1ccc(C(F)(F)F)cc1N1CCC(C(N)=O)CC1. The van der Waals surface area contributed by atoms with Gasteiger partial charge in [-0.3, -0.25) is 14.5 Å². The molecule has 262 valence electrons. The molecule has 2 amide bonds. The topological polar surface area (TPSA) is 97.6 Å². The predicted molar refractivity (Wildman–Crippen MR) is 175 cm³/mol. The van der Waals surface area contributed by atoms with Crippen LogP contribution in [0.4, 0.5) is 18.9 Å². The average Bonchev–Trinajstić information content (AvgIpc) is 3.73. The Bertz CT molecular complexity index is 1430. The Morgan fingerprint density at radius 3 is 2.25 bits per heavy atom. The Kier molecular flexibility index (Phi) is 10.5. The second-order valence-electron chi connectivity index (χ2n) is 13.8. The second-order valence-corrected chi connectivity index (χ2v) is 13.8. The van der Waals surface area contributed by atoms with Crippen LogP contribution in [0.1, 0.15) is 54.2 Å². The maximum absolute atomic E-state index is 14.6. The highest BCUT2D eigenvalue weighted by Gasteiger charge is 2.46. The van der Waals surface area contributed by atoms with Crippen LogP contribution < -0.4 is 15.4 Å². The summed E-state index contributed by atoms with van der Waals surface area (Å²) < 4.78 is 58.5. The molecule has 0 radical (unpaired) electrons. The number of carbonyl (C=O) groups excluding carboxylic acids is 2. The van der Waals surface area contributed by atoms with Gasteiger partial charge in [-0.1, -0.05) is 18.2 Å². The molecule has 2 N–H and O–H groups in total. The molecule has 4 heterocycles. The Balaban J connectivity index is 1.28. The molecule has 2 aromatic rings. The van der Waals surface area contributed by atoms with Gasteiger partial charge < -0.3 is 29.7 Å². The highest BCUT2D eigenvalue weighted by atomic mass is 19.4. The number of nitrogens with zero attached hydrogens (tertiary/aromatic N) is 3. The van der Waals surface area contributed by atoms with E-state index in [0.717, 1.165) is 55.5 Å². The quantitative estimate of drug-likeness (QED) is 0.419. The predicted octanol–water partition coefficient (Wildman–Crippen LogP) is 4.50. The largest absolute Gasteiger partial charge is 0.497 e. The fraction of sp³-hybridized carbons (Fsp3) is 0.611. The number of ether oxygens (including phenoxy) is 3. The number of hydrogen-bond acceptors (Lipinski definition) is 7. The number of methoxy groups -OCH3 is 2. The summed E-state index contributed by atoms with van der Waals surface area (Å²) in [4.78, 5) is 32.7. The lowest BCUT2D eigenvalue weighted by Gasteiger charge is -2.35. The minimum atomic E-state index is -4.50. The fourth-order valence-electron chi connectivity index (χ4n) is 8.36. The molecule has 0 spiro atoms. The number of halogens is 3. The number of hydrogen-bond donors (Lipinski definition) is 1. The normalized spacial score (nSPS) is 26.3. The van der Waals surface area contributed by atoms with Crippen LogP contribution >= 0.6 is 0 Å². The molecule has 0 bridgehead atoms. The summed E-state index contributed by atoms with van der Waals surface area (Å²) in [6.45, 7) is 4.95. The van der Waals surface area contributed by atoms with Gasteiger partial charge in [0, 0.05) is 95.0 Å². The summed E-state index contributed by atoms with van der Waals surface area (Å²) >= 11 is 0. The molecule has 2 aromatic carbocycles. The van der Waals surface area contributed by atoms with Crippen LogP contribution in [0.25, 0.3) is 0 Å². The van der Waals surface area contributed by atoms with Crippen LogP contribution in [0.3, 0.4) is 0 Å². The number of nitrogens with two attached hydrogens (primary N) is 1. The molecule has 0 aliphatic carbocycles. The first-order valence-corrected chi connectivity index (χ1v) is 17.1. The average molecular weight is 673 g/mol. The van der Waals surface area contributed by atoms with Gasteiger partial charge >= 0.3 is 6.18 Å². The summed E-state index contributed by atoms with van der Waals surface area (Å²) in [6.07, 6.45) is -1.66. The molecular weight excluding hydrogens is 625 g/mol. The summed E-state index contributed by atoms with van der Waals surface area (Å²) in [5, 5.41) is 0. The Morgan fingerprint density at radius 1 is 0.917 bits per heavy atom. The highest BCUT2D eigenvalue weighted by Crippen LogP contribution is 2.44. The number of likely N-dealkylation sites (tertiary alicyclic amines) is 2. The summed E-state index contributed by atoms with van der Waals surface area (Å²) in [6, 6.07) is 12.3. The zero-order valence-electron chi connectivity index (χ0n) is 27.8. The first kappa shape index (κ1) is 34.5. The number of alkyl halides is 3. The van der Waals surface area contributed by atoms with Crippen LogP contribution in [0.5, 0.6) is 5.75 Å². The van der Waals surface area contributed by atoms with Crippen LogP contribution in [0, 0.1) is 17.8 Å². The maximum Gasteiger partial charge on any atom is 0.416 e. The Labute approximate surface area is 280 Å². The third-order valence-electron chi connectivity index (χ3n) is 11.0. The van der Waals surface area contributed by atoms with Gasteiger partial charge in [0.15, 0.2) is 0 Å². The van der Waals surface area contributed by atoms with E-state index in [1.165, 1.54) is 6.07 Å². The summed E-state index contributed by atoms with van der Waals surface area (Å²) in [5.74, 6) is -0.400. The third kappa shape index (κ3) is 7.30. The number of anilines is 1. The van der Waals surface area contributed by atoms with Gasteiger partial charge in [-0.05, 0) is 61.1 Å². The van der Waals surface area contributed by atoms with Crippen LogP contribution in [0.15, 0.2) is 42.5 Å². The van der Waals surface area contributed by atoms with Crippen molar-refractivity contribution in [3.8, 4) is 5.75 Å². The zero-order chi connectivity index (χ0) is 34.0. The number of piperidine rings is 1. The number of amides is 2. The van der Waals surface area contributed by atoms with E-state index in [1.807, 2.05) is 34.1 Å². The van der Waals surface area contributed by atoms with Crippen molar-refractivity contribution < 1.29 is 37.0 Å². The summed E-state index contributed by atoms with van der Waals surface area (Å²) in [7, 11) is 3.25. The monoisotopic (exact) mass is 672 g/mol. The molecule has 9 nitrogen and oxygen atoms in total. The molecule has 4 saturated heterocycles. The fourth-order valence-corrected chi connectivity index (χ4v) is 8.36. The molecule has 0 aromatic heterocycles. The molecular formula is C36H47F3N4O5. The first-order valence-electron chi connectivity index (χ1n) is 17.1. The minimum absolute atomic E-state index is 0.000595. The van der Waals surface area contributed by atoms with Gasteiger partial charge in [0.1, 0.15) is 5.75 Å². The van der Waals surface area contributed by atoms with Crippen molar-refractivity contribution in [1.82, 2.24) is 9.80 Å². The molecule has 4 aliphatic rings. The number of carbonyl (C=O) groups is 2. The first-order chi connectivity index (χ1) is 23.1. The Morgan fingerprint density at radius 2 is 1.62 bits per heavy atom. The van der Waals surface area contributed by atoms with Gasteiger partial charge in [0.25, 0.3) is 0 Å². The summed E-state index contributed by atoms with van der Waals surface area (Å²) in [5.41, 5.74) is 7.22. The van der Waals surface area contributed by atoms with Crippen molar-refractivity contribution in [1.29, 1.82) is 0 Å². The van der Waals surface area contributed by atoms with E-state index in [2.05, 4.69) is 4.90 Å². The van der Waals surface area contributed by atoms with Crippen molar-refractivity contribution in [3.05, 3.63) is 59.2 Å². The van der Waals surface area contributed by atoms with Gasteiger partial charge in [-0.15, -0.1) is 0 Å². The molecule has 0 unspecified atom stereocenters. The van der Waals surface area contributed by atoms with Gasteiger partial charge in [-0.25, -0.2) is 0 Å². The van der Waals surface area contributed by atoms with E-state index in [-0.39, 0.29) is 41.4 Å². The van der Waals surface area contributed by atoms with Crippen molar-refractivity contribution >= 4 is 17.5 Å². The van der Waals surface area contributed by atoms with Crippen LogP contribution in [0.2, 0.25) is 0 Å². The lowest BCUT2D eigenvalue weighted by molar-refractivity contribution is -0.137. The maximum atomic E-state index is 14.6. The Hall–Kier alpha value is -3.35. The zero-order valence-corrected chi connectivity index (χ0v) is 27.8.